The van der Waals surface area contributed by atoms with Crippen molar-refractivity contribution < 1.29 is 13.9 Å². The first-order valence-electron chi connectivity index (χ1n) is 8.38. The van der Waals surface area contributed by atoms with Gasteiger partial charge in [-0.2, -0.15) is 0 Å². The van der Waals surface area contributed by atoms with E-state index in [2.05, 4.69) is 18.8 Å². The van der Waals surface area contributed by atoms with Crippen LogP contribution in [0.1, 0.15) is 62.2 Å². The van der Waals surface area contributed by atoms with E-state index in [-0.39, 0.29) is 12.0 Å². The lowest BCUT2D eigenvalue weighted by molar-refractivity contribution is -0.0269. The SMILES string of the molecule is CCc1nc(C)c(C(=O)N2CCO[C@@H](CCCC(C)C)C2)o1. The van der Waals surface area contributed by atoms with Gasteiger partial charge in [0, 0.05) is 19.5 Å². The van der Waals surface area contributed by atoms with Crippen LogP contribution in [-0.4, -0.2) is 41.6 Å². The van der Waals surface area contributed by atoms with Crippen LogP contribution in [0.2, 0.25) is 0 Å². The number of ether oxygens (including phenoxy) is 1. The molecule has 2 rings (SSSR count). The number of nitrogens with zero attached hydrogens (tertiary/aromatic N) is 2. The van der Waals surface area contributed by atoms with E-state index in [1.807, 2.05) is 18.7 Å². The molecular formula is C17H28N2O3. The third-order valence-corrected chi connectivity index (χ3v) is 4.07. The number of rotatable bonds is 6. The van der Waals surface area contributed by atoms with Gasteiger partial charge < -0.3 is 14.1 Å². The highest BCUT2D eigenvalue weighted by atomic mass is 16.5. The fraction of sp³-hybridized carbons (Fsp3) is 0.765. The molecule has 1 aliphatic rings. The highest BCUT2D eigenvalue weighted by molar-refractivity contribution is 5.92. The normalized spacial score (nSPS) is 19.0. The molecule has 0 aliphatic carbocycles. The molecule has 1 aliphatic heterocycles. The van der Waals surface area contributed by atoms with E-state index in [0.29, 0.717) is 49.4 Å². The second-order valence-electron chi connectivity index (χ2n) is 6.44. The predicted octanol–water partition coefficient (Wildman–Crippen LogP) is 3.21. The number of aromatic nitrogens is 1. The zero-order chi connectivity index (χ0) is 16.1. The Bertz CT molecular complexity index is 496. The van der Waals surface area contributed by atoms with Gasteiger partial charge in [0.05, 0.1) is 18.4 Å². The molecule has 5 heteroatoms. The molecule has 0 unspecified atom stereocenters. The van der Waals surface area contributed by atoms with Crippen LogP contribution >= 0.6 is 0 Å². The van der Waals surface area contributed by atoms with Gasteiger partial charge in [-0.25, -0.2) is 4.98 Å². The maximum atomic E-state index is 12.6. The first kappa shape index (κ1) is 17.0. The molecule has 0 bridgehead atoms. The van der Waals surface area contributed by atoms with Crippen LogP contribution in [0.25, 0.3) is 0 Å². The van der Waals surface area contributed by atoms with Crippen LogP contribution in [-0.2, 0) is 11.2 Å². The molecule has 1 aromatic rings. The predicted molar refractivity (Wildman–Crippen MR) is 85.0 cm³/mol. The molecule has 0 aromatic carbocycles. The summed E-state index contributed by atoms with van der Waals surface area (Å²) in [6.45, 7) is 10.1. The quantitative estimate of drug-likeness (QED) is 0.809. The average molecular weight is 308 g/mol. The van der Waals surface area contributed by atoms with Crippen molar-refractivity contribution >= 4 is 5.91 Å². The van der Waals surface area contributed by atoms with Crippen LogP contribution in [0, 0.1) is 12.8 Å². The first-order valence-corrected chi connectivity index (χ1v) is 8.38. The number of amides is 1. The molecule has 0 N–H and O–H groups in total. The van der Waals surface area contributed by atoms with Gasteiger partial charge in [-0.05, 0) is 19.3 Å². The molecule has 0 saturated carbocycles. The summed E-state index contributed by atoms with van der Waals surface area (Å²) in [5, 5.41) is 0. The Morgan fingerprint density at radius 1 is 1.45 bits per heavy atom. The van der Waals surface area contributed by atoms with Gasteiger partial charge in [0.25, 0.3) is 5.91 Å². The highest BCUT2D eigenvalue weighted by Gasteiger charge is 2.28. The maximum absolute atomic E-state index is 12.6. The Morgan fingerprint density at radius 3 is 2.86 bits per heavy atom. The van der Waals surface area contributed by atoms with E-state index in [0.717, 1.165) is 12.8 Å². The number of aryl methyl sites for hydroxylation is 2. The minimum absolute atomic E-state index is 0.0538. The lowest BCUT2D eigenvalue weighted by atomic mass is 10.0. The zero-order valence-corrected chi connectivity index (χ0v) is 14.2. The van der Waals surface area contributed by atoms with Crippen LogP contribution in [0.4, 0.5) is 0 Å². The van der Waals surface area contributed by atoms with Crippen LogP contribution in [0.3, 0.4) is 0 Å². The molecule has 0 radical (unpaired) electrons. The summed E-state index contributed by atoms with van der Waals surface area (Å²) < 4.78 is 11.4. The minimum Gasteiger partial charge on any atom is -0.435 e. The van der Waals surface area contributed by atoms with Crippen LogP contribution < -0.4 is 0 Å². The van der Waals surface area contributed by atoms with Gasteiger partial charge in [-0.1, -0.05) is 33.6 Å². The summed E-state index contributed by atoms with van der Waals surface area (Å²) in [5.41, 5.74) is 0.685. The van der Waals surface area contributed by atoms with Gasteiger partial charge in [0.1, 0.15) is 0 Å². The minimum atomic E-state index is -0.0538. The molecule has 1 aromatic heterocycles. The summed E-state index contributed by atoms with van der Waals surface area (Å²) in [6.07, 6.45) is 4.21. The summed E-state index contributed by atoms with van der Waals surface area (Å²) >= 11 is 0. The van der Waals surface area contributed by atoms with E-state index < -0.39 is 0 Å². The maximum Gasteiger partial charge on any atom is 0.291 e. The van der Waals surface area contributed by atoms with E-state index in [1.54, 1.807) is 0 Å². The summed E-state index contributed by atoms with van der Waals surface area (Å²) in [7, 11) is 0. The van der Waals surface area contributed by atoms with Crippen LogP contribution in [0.5, 0.6) is 0 Å². The second kappa shape index (κ2) is 7.77. The second-order valence-corrected chi connectivity index (χ2v) is 6.44. The Balaban J connectivity index is 1.93. The smallest absolute Gasteiger partial charge is 0.291 e. The fourth-order valence-electron chi connectivity index (χ4n) is 2.78. The van der Waals surface area contributed by atoms with Gasteiger partial charge in [0.2, 0.25) is 5.76 Å². The van der Waals surface area contributed by atoms with Crippen molar-refractivity contribution in [1.29, 1.82) is 0 Å². The van der Waals surface area contributed by atoms with Gasteiger partial charge >= 0.3 is 0 Å². The van der Waals surface area contributed by atoms with Crippen molar-refractivity contribution in [2.75, 3.05) is 19.7 Å². The first-order chi connectivity index (χ1) is 10.5. The molecule has 2 heterocycles. The molecule has 1 atom stereocenters. The molecule has 0 spiro atoms. The molecule has 124 valence electrons. The van der Waals surface area contributed by atoms with Crippen molar-refractivity contribution in [3.63, 3.8) is 0 Å². The molecule has 22 heavy (non-hydrogen) atoms. The van der Waals surface area contributed by atoms with Gasteiger partial charge in [-0.3, -0.25) is 4.79 Å². The fourth-order valence-corrected chi connectivity index (χ4v) is 2.78. The van der Waals surface area contributed by atoms with Crippen molar-refractivity contribution in [3.05, 3.63) is 17.3 Å². The number of oxazole rings is 1. The van der Waals surface area contributed by atoms with Crippen molar-refractivity contribution in [3.8, 4) is 0 Å². The van der Waals surface area contributed by atoms with Crippen molar-refractivity contribution in [2.45, 2.75) is 59.5 Å². The van der Waals surface area contributed by atoms with E-state index in [1.165, 1.54) is 6.42 Å². The number of hydrogen-bond acceptors (Lipinski definition) is 4. The molecule has 5 nitrogen and oxygen atoms in total. The Kier molecular flexibility index (Phi) is 6.00. The molecular weight excluding hydrogens is 280 g/mol. The third kappa shape index (κ3) is 4.32. The Morgan fingerprint density at radius 2 is 2.23 bits per heavy atom. The van der Waals surface area contributed by atoms with Crippen molar-refractivity contribution in [2.24, 2.45) is 5.92 Å². The molecule has 1 fully saturated rings. The number of carbonyl (C=O) groups excluding carboxylic acids is 1. The molecule has 1 saturated heterocycles. The van der Waals surface area contributed by atoms with E-state index >= 15 is 0 Å². The molecule has 1 amide bonds. The zero-order valence-electron chi connectivity index (χ0n) is 14.2. The Hall–Kier alpha value is -1.36. The highest BCUT2D eigenvalue weighted by Crippen LogP contribution is 2.18. The van der Waals surface area contributed by atoms with Crippen LogP contribution in [0.15, 0.2) is 4.42 Å². The number of carbonyl (C=O) groups is 1. The van der Waals surface area contributed by atoms with Gasteiger partial charge in [0.15, 0.2) is 5.89 Å². The largest absolute Gasteiger partial charge is 0.435 e. The summed E-state index contributed by atoms with van der Waals surface area (Å²) in [5.74, 6) is 1.68. The van der Waals surface area contributed by atoms with E-state index in [9.17, 15) is 4.79 Å². The summed E-state index contributed by atoms with van der Waals surface area (Å²) in [6, 6.07) is 0. The lowest BCUT2D eigenvalue weighted by Gasteiger charge is -2.32. The number of hydrogen-bond donors (Lipinski definition) is 0. The Labute approximate surface area is 133 Å². The van der Waals surface area contributed by atoms with Crippen molar-refractivity contribution in [1.82, 2.24) is 9.88 Å². The van der Waals surface area contributed by atoms with E-state index in [4.69, 9.17) is 9.15 Å². The summed E-state index contributed by atoms with van der Waals surface area (Å²) in [4.78, 5) is 18.7. The van der Waals surface area contributed by atoms with Gasteiger partial charge in [-0.15, -0.1) is 0 Å². The average Bonchev–Trinajstić information content (AvgIpc) is 2.87. The standard InChI is InChI=1S/C17H28N2O3/c1-5-15-18-13(4)16(22-15)17(20)19-9-10-21-14(11-19)8-6-7-12(2)3/h12,14H,5-11H2,1-4H3/t14-/m0/s1. The number of morpholine rings is 1. The topological polar surface area (TPSA) is 55.6 Å². The lowest BCUT2D eigenvalue weighted by Crippen LogP contribution is -2.45. The monoisotopic (exact) mass is 308 g/mol. The third-order valence-electron chi connectivity index (χ3n) is 4.07.